The number of unbranched alkanes of at least 4 members (excludes halogenated alkanes) is 2. The van der Waals surface area contributed by atoms with E-state index >= 15 is 0 Å². The maximum Gasteiger partial charge on any atom is 0.233 e. The van der Waals surface area contributed by atoms with Crippen molar-refractivity contribution in [2.45, 2.75) is 52.4 Å². The molecular formula is C10H23ClN2O. The van der Waals surface area contributed by atoms with Crippen molar-refractivity contribution in [3.63, 3.8) is 0 Å². The number of nitrogens with two attached hydrogens (primary N) is 1. The number of hydrazine groups is 1. The lowest BCUT2D eigenvalue weighted by atomic mass is 9.98. The Hall–Kier alpha value is -0.280. The van der Waals surface area contributed by atoms with Crippen LogP contribution in [0.3, 0.4) is 0 Å². The van der Waals surface area contributed by atoms with Crippen molar-refractivity contribution in [3.05, 3.63) is 0 Å². The molecule has 0 aromatic heterocycles. The molecule has 0 saturated carbocycles. The Labute approximate surface area is 93.2 Å². The number of hydrogen-bond acceptors (Lipinski definition) is 2. The van der Waals surface area contributed by atoms with Crippen LogP contribution in [0.2, 0.25) is 0 Å². The summed E-state index contributed by atoms with van der Waals surface area (Å²) in [6.45, 7) is 4.39. The highest BCUT2D eigenvalue weighted by Crippen LogP contribution is 2.14. The second kappa shape index (κ2) is 10.8. The number of carbonyl (C=O) groups is 1. The van der Waals surface area contributed by atoms with Crippen LogP contribution in [0.5, 0.6) is 0 Å². The highest BCUT2D eigenvalue weighted by atomic mass is 35.5. The van der Waals surface area contributed by atoms with Crippen LogP contribution in [0.15, 0.2) is 0 Å². The number of halogens is 1. The van der Waals surface area contributed by atoms with Gasteiger partial charge < -0.3 is 0 Å². The minimum Gasteiger partial charge on any atom is -0.294 e. The summed E-state index contributed by atoms with van der Waals surface area (Å²) in [7, 11) is 0. The van der Waals surface area contributed by atoms with Crippen molar-refractivity contribution >= 4 is 18.3 Å². The van der Waals surface area contributed by atoms with Crippen molar-refractivity contribution in [2.75, 3.05) is 0 Å². The van der Waals surface area contributed by atoms with E-state index in [1.807, 2.05) is 0 Å². The molecule has 0 aliphatic heterocycles. The van der Waals surface area contributed by atoms with Crippen LogP contribution in [0.4, 0.5) is 0 Å². The van der Waals surface area contributed by atoms with Gasteiger partial charge in [0.15, 0.2) is 0 Å². The fourth-order valence-corrected chi connectivity index (χ4v) is 1.34. The van der Waals surface area contributed by atoms with Crippen LogP contribution >= 0.6 is 12.4 Å². The molecule has 3 nitrogen and oxygen atoms in total. The second-order valence-electron chi connectivity index (χ2n) is 3.71. The summed E-state index contributed by atoms with van der Waals surface area (Å²) >= 11 is 0. The first-order chi connectivity index (χ1) is 6.20. The molecule has 1 atom stereocenters. The van der Waals surface area contributed by atoms with Gasteiger partial charge in [-0.1, -0.05) is 39.5 Å². The van der Waals surface area contributed by atoms with Crippen LogP contribution in [-0.2, 0) is 4.79 Å². The van der Waals surface area contributed by atoms with Crippen molar-refractivity contribution in [1.82, 2.24) is 5.43 Å². The van der Waals surface area contributed by atoms with Gasteiger partial charge in [-0.2, -0.15) is 0 Å². The highest BCUT2D eigenvalue weighted by Gasteiger charge is 2.04. The van der Waals surface area contributed by atoms with E-state index in [0.717, 1.165) is 6.42 Å². The third-order valence-electron chi connectivity index (χ3n) is 2.33. The van der Waals surface area contributed by atoms with Gasteiger partial charge in [-0.15, -0.1) is 12.4 Å². The van der Waals surface area contributed by atoms with Gasteiger partial charge in [0, 0.05) is 6.42 Å². The van der Waals surface area contributed by atoms with Gasteiger partial charge >= 0.3 is 0 Å². The molecule has 1 amide bonds. The zero-order valence-electron chi connectivity index (χ0n) is 9.21. The zero-order valence-corrected chi connectivity index (χ0v) is 10.0. The predicted molar refractivity (Wildman–Crippen MR) is 62.1 cm³/mol. The second-order valence-corrected chi connectivity index (χ2v) is 3.71. The molecule has 86 valence electrons. The smallest absolute Gasteiger partial charge is 0.233 e. The quantitative estimate of drug-likeness (QED) is 0.301. The van der Waals surface area contributed by atoms with Crippen molar-refractivity contribution < 1.29 is 4.79 Å². The van der Waals surface area contributed by atoms with E-state index in [2.05, 4.69) is 19.3 Å². The SMILES string of the molecule is CCCCCC(C)CCC(=O)NN.Cl. The number of nitrogens with one attached hydrogen (secondary N) is 1. The van der Waals surface area contributed by atoms with Crippen LogP contribution < -0.4 is 11.3 Å². The lowest BCUT2D eigenvalue weighted by Crippen LogP contribution is -2.30. The van der Waals surface area contributed by atoms with E-state index in [-0.39, 0.29) is 18.3 Å². The molecule has 0 heterocycles. The van der Waals surface area contributed by atoms with Crippen molar-refractivity contribution in [3.8, 4) is 0 Å². The number of hydrogen-bond donors (Lipinski definition) is 2. The lowest BCUT2D eigenvalue weighted by Gasteiger charge is -2.09. The summed E-state index contributed by atoms with van der Waals surface area (Å²) in [5.41, 5.74) is 2.15. The molecule has 0 rings (SSSR count). The predicted octanol–water partition coefficient (Wildman–Crippen LogP) is 2.39. The number of rotatable bonds is 7. The molecule has 1 unspecified atom stereocenters. The summed E-state index contributed by atoms with van der Waals surface area (Å²) in [6.07, 6.45) is 6.58. The van der Waals surface area contributed by atoms with Gasteiger partial charge in [-0.3, -0.25) is 10.2 Å². The molecule has 0 bridgehead atoms. The fourth-order valence-electron chi connectivity index (χ4n) is 1.34. The summed E-state index contributed by atoms with van der Waals surface area (Å²) in [5, 5.41) is 0. The summed E-state index contributed by atoms with van der Waals surface area (Å²) in [6, 6.07) is 0. The maximum absolute atomic E-state index is 10.8. The first kappa shape index (κ1) is 16.2. The zero-order chi connectivity index (χ0) is 10.1. The van der Waals surface area contributed by atoms with E-state index in [1.165, 1.54) is 25.7 Å². The Bertz CT molecular complexity index is 142. The Morgan fingerprint density at radius 2 is 2.00 bits per heavy atom. The summed E-state index contributed by atoms with van der Waals surface area (Å²) in [5.74, 6) is 5.57. The largest absolute Gasteiger partial charge is 0.294 e. The van der Waals surface area contributed by atoms with Crippen LogP contribution in [-0.4, -0.2) is 5.91 Å². The van der Waals surface area contributed by atoms with Crippen LogP contribution in [0.25, 0.3) is 0 Å². The minimum absolute atomic E-state index is 0. The minimum atomic E-state index is -0.0534. The number of carbonyl (C=O) groups excluding carboxylic acids is 1. The van der Waals surface area contributed by atoms with Gasteiger partial charge in [0.1, 0.15) is 0 Å². The molecule has 0 aromatic rings. The summed E-state index contributed by atoms with van der Waals surface area (Å²) in [4.78, 5) is 10.8. The molecule has 0 aliphatic rings. The van der Waals surface area contributed by atoms with Crippen molar-refractivity contribution in [2.24, 2.45) is 11.8 Å². The third-order valence-corrected chi connectivity index (χ3v) is 2.33. The molecule has 0 saturated heterocycles. The molecular weight excluding hydrogens is 200 g/mol. The Morgan fingerprint density at radius 3 is 2.50 bits per heavy atom. The molecule has 4 heteroatoms. The van der Waals surface area contributed by atoms with Crippen molar-refractivity contribution in [1.29, 1.82) is 0 Å². The van der Waals surface area contributed by atoms with E-state index in [9.17, 15) is 4.79 Å². The lowest BCUT2D eigenvalue weighted by molar-refractivity contribution is -0.121. The Balaban J connectivity index is 0. The van der Waals surface area contributed by atoms with Gasteiger partial charge in [0.25, 0.3) is 0 Å². The summed E-state index contributed by atoms with van der Waals surface area (Å²) < 4.78 is 0. The molecule has 3 N–H and O–H groups in total. The Kier molecular flexibility index (Phi) is 12.5. The topological polar surface area (TPSA) is 55.1 Å². The Morgan fingerprint density at radius 1 is 1.36 bits per heavy atom. The molecule has 0 spiro atoms. The standard InChI is InChI=1S/C10H22N2O.ClH/c1-3-4-5-6-9(2)7-8-10(13)12-11;/h9H,3-8,11H2,1-2H3,(H,12,13);1H. The number of amides is 1. The van der Waals surface area contributed by atoms with E-state index < -0.39 is 0 Å². The third kappa shape index (κ3) is 9.81. The normalized spacial score (nSPS) is 11.6. The molecule has 14 heavy (non-hydrogen) atoms. The molecule has 0 radical (unpaired) electrons. The first-order valence-electron chi connectivity index (χ1n) is 5.20. The van der Waals surface area contributed by atoms with Crippen LogP contribution in [0, 0.1) is 5.92 Å². The molecule has 0 fully saturated rings. The average molecular weight is 223 g/mol. The molecule has 0 aromatic carbocycles. The first-order valence-corrected chi connectivity index (χ1v) is 5.20. The van der Waals surface area contributed by atoms with E-state index in [4.69, 9.17) is 5.84 Å². The van der Waals surface area contributed by atoms with Gasteiger partial charge in [0.2, 0.25) is 5.91 Å². The van der Waals surface area contributed by atoms with Crippen LogP contribution in [0.1, 0.15) is 52.4 Å². The van der Waals surface area contributed by atoms with E-state index in [0.29, 0.717) is 12.3 Å². The average Bonchev–Trinajstić information content (AvgIpc) is 2.14. The molecule has 0 aliphatic carbocycles. The van der Waals surface area contributed by atoms with Gasteiger partial charge in [-0.25, -0.2) is 5.84 Å². The van der Waals surface area contributed by atoms with Gasteiger partial charge in [0.05, 0.1) is 0 Å². The monoisotopic (exact) mass is 222 g/mol. The van der Waals surface area contributed by atoms with Gasteiger partial charge in [-0.05, 0) is 12.3 Å². The fraction of sp³-hybridized carbons (Fsp3) is 0.900. The van der Waals surface area contributed by atoms with E-state index in [1.54, 1.807) is 0 Å². The highest BCUT2D eigenvalue weighted by molar-refractivity contribution is 5.85. The maximum atomic E-state index is 10.8.